The summed E-state index contributed by atoms with van der Waals surface area (Å²) in [6.45, 7) is 5.54. The summed E-state index contributed by atoms with van der Waals surface area (Å²) in [5, 5.41) is 4.27. The van der Waals surface area contributed by atoms with E-state index in [9.17, 15) is 0 Å². The molecule has 2 aromatic heterocycles. The Bertz CT molecular complexity index is 1220. The normalized spacial score (nSPS) is 17.7. The topological polar surface area (TPSA) is 56.3 Å². The second-order valence-corrected chi connectivity index (χ2v) is 8.74. The predicted molar refractivity (Wildman–Crippen MR) is 121 cm³/mol. The van der Waals surface area contributed by atoms with E-state index in [-0.39, 0.29) is 5.60 Å². The maximum atomic E-state index is 6.31. The highest BCUT2D eigenvalue weighted by molar-refractivity contribution is 5.56. The van der Waals surface area contributed by atoms with Gasteiger partial charge < -0.3 is 9.15 Å². The zero-order valence-electron chi connectivity index (χ0n) is 18.2. The number of nitrogens with zero attached hydrogens (tertiary/aromatic N) is 4. The van der Waals surface area contributed by atoms with Gasteiger partial charge in [-0.1, -0.05) is 24.3 Å². The molecule has 0 bridgehead atoms. The lowest BCUT2D eigenvalue weighted by Crippen LogP contribution is -2.42. The molecule has 162 valence electrons. The molecule has 4 heterocycles. The molecule has 2 aliphatic heterocycles. The van der Waals surface area contributed by atoms with Gasteiger partial charge in [-0.05, 0) is 61.2 Å². The smallest absolute Gasteiger partial charge is 0.226 e. The van der Waals surface area contributed by atoms with Crippen molar-refractivity contribution in [1.82, 2.24) is 19.7 Å². The third-order valence-electron chi connectivity index (χ3n) is 6.83. The van der Waals surface area contributed by atoms with Crippen LogP contribution in [0, 0.1) is 6.92 Å². The number of ether oxygens (including phenoxy) is 1. The molecule has 0 atom stereocenters. The Hall–Kier alpha value is -3.22. The SMILES string of the molecule is Cc1oc(-c2ccc(-n3cccn3)cc2)nc1CN1CCC2(CC1)OCc1ccccc12. The Labute approximate surface area is 187 Å². The van der Waals surface area contributed by atoms with Crippen LogP contribution in [-0.4, -0.2) is 32.8 Å². The molecular weight excluding hydrogens is 400 g/mol. The highest BCUT2D eigenvalue weighted by Gasteiger charge is 2.42. The summed E-state index contributed by atoms with van der Waals surface area (Å²) in [5.41, 5.74) is 5.63. The second-order valence-electron chi connectivity index (χ2n) is 8.74. The molecule has 0 N–H and O–H groups in total. The zero-order chi connectivity index (χ0) is 21.5. The van der Waals surface area contributed by atoms with Crippen molar-refractivity contribution in [2.24, 2.45) is 0 Å². The van der Waals surface area contributed by atoms with Gasteiger partial charge in [0.1, 0.15) is 5.76 Å². The first-order valence-electron chi connectivity index (χ1n) is 11.2. The van der Waals surface area contributed by atoms with Gasteiger partial charge in [-0.25, -0.2) is 9.67 Å². The Balaban J connectivity index is 1.14. The quantitative estimate of drug-likeness (QED) is 0.467. The summed E-state index contributed by atoms with van der Waals surface area (Å²) in [7, 11) is 0. The Morgan fingerprint density at radius 2 is 1.81 bits per heavy atom. The fourth-order valence-electron chi connectivity index (χ4n) is 4.96. The van der Waals surface area contributed by atoms with Crippen LogP contribution in [0.2, 0.25) is 0 Å². The van der Waals surface area contributed by atoms with Gasteiger partial charge in [0.25, 0.3) is 0 Å². The lowest BCUT2D eigenvalue weighted by molar-refractivity contribution is -0.0800. The average Bonchev–Trinajstić information content (AvgIpc) is 3.57. The van der Waals surface area contributed by atoms with Crippen LogP contribution in [0.15, 0.2) is 71.4 Å². The van der Waals surface area contributed by atoms with Crippen molar-refractivity contribution in [3.8, 4) is 17.1 Å². The van der Waals surface area contributed by atoms with Crippen LogP contribution >= 0.6 is 0 Å². The summed E-state index contributed by atoms with van der Waals surface area (Å²) in [6, 6.07) is 18.7. The van der Waals surface area contributed by atoms with E-state index in [0.29, 0.717) is 5.89 Å². The molecule has 0 unspecified atom stereocenters. The molecule has 2 aromatic carbocycles. The molecule has 0 aliphatic carbocycles. The molecule has 6 rings (SSSR count). The van der Waals surface area contributed by atoms with E-state index < -0.39 is 0 Å². The molecule has 0 radical (unpaired) electrons. The number of piperidine rings is 1. The molecule has 32 heavy (non-hydrogen) atoms. The minimum atomic E-state index is -0.104. The summed E-state index contributed by atoms with van der Waals surface area (Å²) in [5.74, 6) is 1.56. The molecule has 6 heteroatoms. The Kier molecular flexibility index (Phi) is 4.70. The highest BCUT2D eigenvalue weighted by atomic mass is 16.5. The van der Waals surface area contributed by atoms with Gasteiger partial charge in [0.05, 0.1) is 23.6 Å². The summed E-state index contributed by atoms with van der Waals surface area (Å²) in [6.07, 6.45) is 5.74. The van der Waals surface area contributed by atoms with Crippen LogP contribution in [0.4, 0.5) is 0 Å². The Morgan fingerprint density at radius 1 is 1.00 bits per heavy atom. The van der Waals surface area contributed by atoms with E-state index in [2.05, 4.69) is 34.3 Å². The maximum absolute atomic E-state index is 6.31. The average molecular weight is 427 g/mol. The molecule has 1 spiro atoms. The number of likely N-dealkylation sites (tertiary alicyclic amines) is 1. The number of hydrogen-bond acceptors (Lipinski definition) is 5. The first-order valence-corrected chi connectivity index (χ1v) is 11.2. The minimum Gasteiger partial charge on any atom is -0.441 e. The van der Waals surface area contributed by atoms with Crippen molar-refractivity contribution in [1.29, 1.82) is 0 Å². The van der Waals surface area contributed by atoms with Gasteiger partial charge in [0, 0.05) is 37.6 Å². The summed E-state index contributed by atoms with van der Waals surface area (Å²) >= 11 is 0. The third kappa shape index (κ3) is 3.36. The van der Waals surface area contributed by atoms with Gasteiger partial charge in [-0.3, -0.25) is 4.90 Å². The molecule has 1 fully saturated rings. The number of fused-ring (bicyclic) bond motifs is 2. The van der Waals surface area contributed by atoms with Gasteiger partial charge in [-0.15, -0.1) is 0 Å². The van der Waals surface area contributed by atoms with Gasteiger partial charge in [0.2, 0.25) is 5.89 Å². The van der Waals surface area contributed by atoms with E-state index >= 15 is 0 Å². The van der Waals surface area contributed by atoms with Crippen molar-refractivity contribution in [2.45, 2.75) is 38.5 Å². The van der Waals surface area contributed by atoms with Crippen molar-refractivity contribution in [3.63, 3.8) is 0 Å². The molecule has 1 saturated heterocycles. The Morgan fingerprint density at radius 3 is 2.59 bits per heavy atom. The fraction of sp³-hybridized carbons (Fsp3) is 0.308. The lowest BCUT2D eigenvalue weighted by Gasteiger charge is -2.39. The monoisotopic (exact) mass is 426 g/mol. The van der Waals surface area contributed by atoms with E-state index in [0.717, 1.165) is 61.8 Å². The number of aryl methyl sites for hydroxylation is 1. The maximum Gasteiger partial charge on any atom is 0.226 e. The van der Waals surface area contributed by atoms with Crippen molar-refractivity contribution in [3.05, 3.63) is 89.6 Å². The molecule has 0 saturated carbocycles. The number of hydrogen-bond donors (Lipinski definition) is 0. The summed E-state index contributed by atoms with van der Waals surface area (Å²) < 4.78 is 14.2. The van der Waals surface area contributed by atoms with Crippen LogP contribution in [0.3, 0.4) is 0 Å². The fourth-order valence-corrected chi connectivity index (χ4v) is 4.96. The van der Waals surface area contributed by atoms with E-state index in [4.69, 9.17) is 14.1 Å². The molecule has 0 amide bonds. The number of rotatable bonds is 4. The van der Waals surface area contributed by atoms with Crippen LogP contribution in [0.5, 0.6) is 0 Å². The van der Waals surface area contributed by atoms with E-state index in [1.54, 1.807) is 6.20 Å². The first-order chi connectivity index (χ1) is 15.7. The van der Waals surface area contributed by atoms with Crippen molar-refractivity contribution >= 4 is 0 Å². The standard InChI is InChI=1S/C26H26N4O2/c1-19-24(28-25(32-19)20-7-9-22(10-8-20)30-14-4-13-27-30)17-29-15-11-26(12-16-29)23-6-3-2-5-21(23)18-31-26/h2-10,13-14H,11-12,15-18H2,1H3. The zero-order valence-corrected chi connectivity index (χ0v) is 18.2. The molecule has 2 aliphatic rings. The van der Waals surface area contributed by atoms with Crippen LogP contribution < -0.4 is 0 Å². The van der Waals surface area contributed by atoms with Crippen LogP contribution in [0.25, 0.3) is 17.1 Å². The molecule has 4 aromatic rings. The second kappa shape index (κ2) is 7.73. The van der Waals surface area contributed by atoms with Crippen molar-refractivity contribution in [2.75, 3.05) is 13.1 Å². The first kappa shape index (κ1) is 19.5. The summed E-state index contributed by atoms with van der Waals surface area (Å²) in [4.78, 5) is 7.29. The van der Waals surface area contributed by atoms with Gasteiger partial charge >= 0.3 is 0 Å². The highest BCUT2D eigenvalue weighted by Crippen LogP contribution is 2.44. The van der Waals surface area contributed by atoms with Crippen molar-refractivity contribution < 1.29 is 9.15 Å². The van der Waals surface area contributed by atoms with E-state index in [1.807, 2.05) is 48.1 Å². The third-order valence-corrected chi connectivity index (χ3v) is 6.83. The lowest BCUT2D eigenvalue weighted by atomic mass is 9.84. The minimum absolute atomic E-state index is 0.104. The number of aromatic nitrogens is 3. The number of oxazole rings is 1. The predicted octanol–water partition coefficient (Wildman–Crippen LogP) is 4.86. The molecular formula is C26H26N4O2. The molecule has 6 nitrogen and oxygen atoms in total. The van der Waals surface area contributed by atoms with E-state index in [1.165, 1.54) is 11.1 Å². The van der Waals surface area contributed by atoms with Gasteiger partial charge in [0.15, 0.2) is 0 Å². The van der Waals surface area contributed by atoms with Crippen LogP contribution in [0.1, 0.15) is 35.4 Å². The van der Waals surface area contributed by atoms with Crippen LogP contribution in [-0.2, 0) is 23.5 Å². The van der Waals surface area contributed by atoms with Gasteiger partial charge in [-0.2, -0.15) is 5.10 Å². The largest absolute Gasteiger partial charge is 0.441 e. The number of benzene rings is 2.